The lowest BCUT2D eigenvalue weighted by Crippen LogP contribution is -2.30. The van der Waals surface area contributed by atoms with E-state index in [2.05, 4.69) is 21.2 Å². The van der Waals surface area contributed by atoms with Gasteiger partial charge in [0.15, 0.2) is 6.61 Å². The fourth-order valence-corrected chi connectivity index (χ4v) is 1.77. The van der Waals surface area contributed by atoms with Gasteiger partial charge in [-0.3, -0.25) is 4.79 Å². The summed E-state index contributed by atoms with van der Waals surface area (Å²) in [5, 5.41) is 11.7. The average Bonchev–Trinajstić information content (AvgIpc) is 3.10. The van der Waals surface area contributed by atoms with E-state index in [4.69, 9.17) is 9.84 Å². The van der Waals surface area contributed by atoms with Crippen molar-refractivity contribution in [2.45, 2.75) is 18.9 Å². The second-order valence-corrected chi connectivity index (χ2v) is 4.99. The number of hydrogen-bond donors (Lipinski definition) is 2. The molecule has 1 aromatic rings. The lowest BCUT2D eigenvalue weighted by Gasteiger charge is -2.09. The molecule has 0 radical (unpaired) electrons. The van der Waals surface area contributed by atoms with Crippen LogP contribution in [0.4, 0.5) is 0 Å². The molecule has 1 fully saturated rings. The minimum atomic E-state index is -1.08. The Morgan fingerprint density at radius 3 is 2.78 bits per heavy atom. The molecule has 0 aliphatic heterocycles. The summed E-state index contributed by atoms with van der Waals surface area (Å²) < 4.78 is 5.95. The van der Waals surface area contributed by atoms with Crippen LogP contribution in [0.2, 0.25) is 0 Å². The molecule has 0 spiro atoms. The Bertz CT molecular complexity index is 485. The molecule has 96 valence electrons. The van der Waals surface area contributed by atoms with E-state index in [0.717, 1.165) is 12.8 Å². The van der Waals surface area contributed by atoms with Gasteiger partial charge in [-0.15, -0.1) is 0 Å². The van der Waals surface area contributed by atoms with Gasteiger partial charge in [0.2, 0.25) is 0 Å². The third-order valence-electron chi connectivity index (χ3n) is 2.48. The van der Waals surface area contributed by atoms with E-state index in [-0.39, 0.29) is 29.9 Å². The highest BCUT2D eigenvalue weighted by molar-refractivity contribution is 9.10. The van der Waals surface area contributed by atoms with Gasteiger partial charge in [-0.1, -0.05) is 15.9 Å². The summed E-state index contributed by atoms with van der Waals surface area (Å²) in [6.45, 7) is -0.173. The molecule has 2 N–H and O–H groups in total. The highest BCUT2D eigenvalue weighted by atomic mass is 79.9. The van der Waals surface area contributed by atoms with Crippen molar-refractivity contribution < 1.29 is 19.4 Å². The Hall–Kier alpha value is -1.56. The van der Waals surface area contributed by atoms with Crippen LogP contribution < -0.4 is 10.1 Å². The van der Waals surface area contributed by atoms with Gasteiger partial charge in [0.25, 0.3) is 5.91 Å². The first-order chi connectivity index (χ1) is 8.56. The second kappa shape index (κ2) is 5.39. The van der Waals surface area contributed by atoms with Gasteiger partial charge in [-0.25, -0.2) is 4.79 Å². The molecular formula is C12H12BrNO4. The number of nitrogens with one attached hydrogen (secondary N) is 1. The van der Waals surface area contributed by atoms with E-state index >= 15 is 0 Å². The molecule has 0 aromatic heterocycles. The summed E-state index contributed by atoms with van der Waals surface area (Å²) >= 11 is 3.23. The number of rotatable bonds is 5. The first-order valence-electron chi connectivity index (χ1n) is 5.51. The van der Waals surface area contributed by atoms with E-state index < -0.39 is 5.97 Å². The molecule has 0 bridgehead atoms. The molecule has 2 rings (SSSR count). The first kappa shape index (κ1) is 12.9. The van der Waals surface area contributed by atoms with Crippen molar-refractivity contribution in [3.8, 4) is 5.75 Å². The molecular weight excluding hydrogens is 302 g/mol. The number of halogens is 1. The molecule has 1 aromatic carbocycles. The van der Waals surface area contributed by atoms with Crippen molar-refractivity contribution >= 4 is 27.8 Å². The standard InChI is InChI=1S/C12H12BrNO4/c13-7-1-4-9(12(16)17)10(5-7)18-6-11(15)14-8-2-3-8/h1,4-5,8H,2-3,6H2,(H,14,15)(H,16,17). The highest BCUT2D eigenvalue weighted by Crippen LogP contribution is 2.24. The van der Waals surface area contributed by atoms with Crippen molar-refractivity contribution in [3.05, 3.63) is 28.2 Å². The number of aromatic carboxylic acids is 1. The van der Waals surface area contributed by atoms with Crippen LogP contribution in [0.25, 0.3) is 0 Å². The quantitative estimate of drug-likeness (QED) is 0.869. The largest absolute Gasteiger partial charge is 0.483 e. The monoisotopic (exact) mass is 313 g/mol. The molecule has 0 heterocycles. The Kier molecular flexibility index (Phi) is 3.86. The van der Waals surface area contributed by atoms with E-state index in [0.29, 0.717) is 4.47 Å². The fraction of sp³-hybridized carbons (Fsp3) is 0.333. The van der Waals surface area contributed by atoms with Crippen LogP contribution in [0.1, 0.15) is 23.2 Å². The number of carbonyl (C=O) groups is 2. The van der Waals surface area contributed by atoms with Crippen molar-refractivity contribution in [3.63, 3.8) is 0 Å². The van der Waals surface area contributed by atoms with Crippen LogP contribution >= 0.6 is 15.9 Å². The van der Waals surface area contributed by atoms with Gasteiger partial charge in [-0.05, 0) is 31.0 Å². The molecule has 0 saturated heterocycles. The normalized spacial score (nSPS) is 14.1. The van der Waals surface area contributed by atoms with Gasteiger partial charge < -0.3 is 15.2 Å². The molecule has 1 aliphatic carbocycles. The van der Waals surface area contributed by atoms with Crippen molar-refractivity contribution in [1.82, 2.24) is 5.32 Å². The number of carboxylic acid groups (broad SMARTS) is 1. The van der Waals surface area contributed by atoms with Crippen LogP contribution in [0.15, 0.2) is 22.7 Å². The molecule has 18 heavy (non-hydrogen) atoms. The first-order valence-corrected chi connectivity index (χ1v) is 6.30. The number of amides is 1. The highest BCUT2D eigenvalue weighted by Gasteiger charge is 2.23. The van der Waals surface area contributed by atoms with E-state index in [1.807, 2.05) is 0 Å². The molecule has 1 amide bonds. The maximum Gasteiger partial charge on any atom is 0.339 e. The van der Waals surface area contributed by atoms with Gasteiger partial charge in [0, 0.05) is 10.5 Å². The van der Waals surface area contributed by atoms with Gasteiger partial charge in [0.05, 0.1) is 0 Å². The number of hydrogen-bond acceptors (Lipinski definition) is 3. The van der Waals surface area contributed by atoms with E-state index in [9.17, 15) is 9.59 Å². The molecule has 1 aliphatic rings. The smallest absolute Gasteiger partial charge is 0.339 e. The van der Waals surface area contributed by atoms with Crippen LogP contribution in [0.5, 0.6) is 5.75 Å². The molecule has 1 saturated carbocycles. The fourth-order valence-electron chi connectivity index (χ4n) is 1.43. The molecule has 5 nitrogen and oxygen atoms in total. The van der Waals surface area contributed by atoms with Crippen molar-refractivity contribution in [1.29, 1.82) is 0 Å². The zero-order valence-electron chi connectivity index (χ0n) is 9.48. The second-order valence-electron chi connectivity index (χ2n) is 4.08. The predicted molar refractivity (Wildman–Crippen MR) is 67.8 cm³/mol. The number of carboxylic acids is 1. The molecule has 0 atom stereocenters. The Morgan fingerprint density at radius 1 is 1.44 bits per heavy atom. The number of benzene rings is 1. The summed E-state index contributed by atoms with van der Waals surface area (Å²) in [5.74, 6) is -1.13. The summed E-state index contributed by atoms with van der Waals surface area (Å²) in [7, 11) is 0. The van der Waals surface area contributed by atoms with Crippen molar-refractivity contribution in [2.75, 3.05) is 6.61 Å². The summed E-state index contributed by atoms with van der Waals surface area (Å²) in [4.78, 5) is 22.4. The summed E-state index contributed by atoms with van der Waals surface area (Å²) in [6.07, 6.45) is 2.01. The molecule has 6 heteroatoms. The lowest BCUT2D eigenvalue weighted by molar-refractivity contribution is -0.123. The van der Waals surface area contributed by atoms with Gasteiger partial charge >= 0.3 is 5.97 Å². The van der Waals surface area contributed by atoms with E-state index in [1.54, 1.807) is 6.07 Å². The van der Waals surface area contributed by atoms with Crippen LogP contribution in [0, 0.1) is 0 Å². The zero-order valence-corrected chi connectivity index (χ0v) is 11.1. The maximum absolute atomic E-state index is 11.4. The Labute approximate surface area is 112 Å². The SMILES string of the molecule is O=C(COc1cc(Br)ccc1C(=O)O)NC1CC1. The number of ether oxygens (including phenoxy) is 1. The number of carbonyl (C=O) groups excluding carboxylic acids is 1. The maximum atomic E-state index is 11.4. The minimum Gasteiger partial charge on any atom is -0.483 e. The molecule has 0 unspecified atom stereocenters. The average molecular weight is 314 g/mol. The van der Waals surface area contributed by atoms with Gasteiger partial charge in [0.1, 0.15) is 11.3 Å². The zero-order chi connectivity index (χ0) is 13.1. The Morgan fingerprint density at radius 2 is 2.17 bits per heavy atom. The van der Waals surface area contributed by atoms with E-state index in [1.165, 1.54) is 12.1 Å². The summed E-state index contributed by atoms with van der Waals surface area (Å²) in [5.41, 5.74) is 0.0393. The lowest BCUT2D eigenvalue weighted by atomic mass is 10.2. The van der Waals surface area contributed by atoms with Crippen LogP contribution in [0.3, 0.4) is 0 Å². The minimum absolute atomic E-state index is 0.0393. The van der Waals surface area contributed by atoms with Crippen LogP contribution in [-0.4, -0.2) is 29.6 Å². The van der Waals surface area contributed by atoms with Gasteiger partial charge in [-0.2, -0.15) is 0 Å². The van der Waals surface area contributed by atoms with Crippen LogP contribution in [-0.2, 0) is 4.79 Å². The Balaban J connectivity index is 2.00. The topological polar surface area (TPSA) is 75.6 Å². The predicted octanol–water partition coefficient (Wildman–Crippen LogP) is 1.80. The summed E-state index contributed by atoms with van der Waals surface area (Å²) in [6, 6.07) is 4.84. The third-order valence-corrected chi connectivity index (χ3v) is 2.97. The third kappa shape index (κ3) is 3.46. The van der Waals surface area contributed by atoms with Crippen molar-refractivity contribution in [2.24, 2.45) is 0 Å².